The lowest BCUT2D eigenvalue weighted by atomic mass is 10.2. The van der Waals surface area contributed by atoms with Gasteiger partial charge in [0.05, 0.1) is 12.8 Å². The van der Waals surface area contributed by atoms with Crippen LogP contribution in [0.15, 0.2) is 48.5 Å². The quantitative estimate of drug-likeness (QED) is 0.496. The smallest absolute Gasteiger partial charge is 0.282 e. The fourth-order valence-electron chi connectivity index (χ4n) is 3.71. The first kappa shape index (κ1) is 21.7. The van der Waals surface area contributed by atoms with Crippen molar-refractivity contribution in [3.8, 4) is 5.75 Å². The highest BCUT2D eigenvalue weighted by Crippen LogP contribution is 2.22. The molecule has 7 nitrogen and oxygen atoms in total. The van der Waals surface area contributed by atoms with Crippen LogP contribution in [0.4, 0.5) is 15.8 Å². The second kappa shape index (κ2) is 10.2. The second-order valence-electron chi connectivity index (χ2n) is 7.55. The van der Waals surface area contributed by atoms with E-state index in [0.29, 0.717) is 23.7 Å². The molecule has 8 heteroatoms. The number of hydrogen-bond donors (Lipinski definition) is 4. The lowest BCUT2D eigenvalue weighted by Gasteiger charge is -2.32. The Labute approximate surface area is 175 Å². The van der Waals surface area contributed by atoms with Crippen molar-refractivity contribution in [1.82, 2.24) is 0 Å². The first-order chi connectivity index (χ1) is 14.5. The molecule has 0 bridgehead atoms. The van der Waals surface area contributed by atoms with Crippen LogP contribution in [0.3, 0.4) is 0 Å². The fourth-order valence-corrected chi connectivity index (χ4v) is 3.71. The minimum Gasteiger partial charge on any atom is -0.495 e. The summed E-state index contributed by atoms with van der Waals surface area (Å²) < 4.78 is 18.5. The van der Waals surface area contributed by atoms with Crippen molar-refractivity contribution in [3.05, 3.63) is 54.3 Å². The number of benzene rings is 2. The van der Waals surface area contributed by atoms with E-state index in [0.717, 1.165) is 31.1 Å². The Kier molecular flexibility index (Phi) is 7.37. The van der Waals surface area contributed by atoms with Gasteiger partial charge in [-0.2, -0.15) is 0 Å². The minimum absolute atomic E-state index is 0.0539. The number of methoxy groups -OCH3 is 1. The Balaban J connectivity index is 1.46. The number of ether oxygens (including phenoxy) is 1. The number of amides is 2. The molecule has 0 aliphatic carbocycles. The fraction of sp³-hybridized carbons (Fsp3) is 0.364. The summed E-state index contributed by atoms with van der Waals surface area (Å²) in [6.07, 6.45) is 0. The molecule has 1 heterocycles. The highest BCUT2D eigenvalue weighted by Gasteiger charge is 2.32. The lowest BCUT2D eigenvalue weighted by molar-refractivity contribution is -1.01. The van der Waals surface area contributed by atoms with Crippen molar-refractivity contribution < 1.29 is 28.5 Å². The molecule has 0 unspecified atom stereocenters. The minimum atomic E-state index is -0.377. The van der Waals surface area contributed by atoms with Gasteiger partial charge in [-0.15, -0.1) is 0 Å². The summed E-state index contributed by atoms with van der Waals surface area (Å²) in [4.78, 5) is 27.3. The maximum atomic E-state index is 13.2. The molecule has 30 heavy (non-hydrogen) atoms. The zero-order valence-corrected chi connectivity index (χ0v) is 17.3. The zero-order chi connectivity index (χ0) is 21.5. The molecule has 0 saturated carbocycles. The molecule has 4 N–H and O–H groups in total. The second-order valence-corrected chi connectivity index (χ2v) is 7.55. The van der Waals surface area contributed by atoms with Crippen molar-refractivity contribution in [2.45, 2.75) is 13.0 Å². The molecule has 2 aromatic carbocycles. The maximum absolute atomic E-state index is 13.2. The van der Waals surface area contributed by atoms with E-state index in [1.165, 1.54) is 17.0 Å². The highest BCUT2D eigenvalue weighted by molar-refractivity contribution is 5.95. The number of halogens is 1. The van der Waals surface area contributed by atoms with Crippen LogP contribution in [0.5, 0.6) is 5.75 Å². The Morgan fingerprint density at radius 3 is 2.50 bits per heavy atom. The third-order valence-corrected chi connectivity index (χ3v) is 5.49. The number of quaternary nitrogens is 2. The number of nitrogens with one attached hydrogen (secondary N) is 4. The summed E-state index contributed by atoms with van der Waals surface area (Å²) in [6, 6.07) is 13.0. The van der Waals surface area contributed by atoms with Crippen LogP contribution in [-0.4, -0.2) is 57.7 Å². The van der Waals surface area contributed by atoms with E-state index in [1.54, 1.807) is 19.2 Å². The number of anilines is 2. The van der Waals surface area contributed by atoms with Gasteiger partial charge in [0.1, 0.15) is 37.7 Å². The standard InChI is InChI=1S/C22H27FN4O3/c1-16(22(29)25-19-8-3-4-9-20(19)30-2)27-12-10-26(11-13-27)15-21(28)24-18-7-5-6-17(23)14-18/h3-9,14,16H,10-13,15H2,1-2H3,(H,24,28)(H,25,29)/p+2/t16-/m0/s1. The zero-order valence-electron chi connectivity index (χ0n) is 17.3. The van der Waals surface area contributed by atoms with Crippen LogP contribution in [-0.2, 0) is 9.59 Å². The molecule has 0 aromatic heterocycles. The van der Waals surface area contributed by atoms with Crippen LogP contribution in [0.1, 0.15) is 6.92 Å². The summed E-state index contributed by atoms with van der Waals surface area (Å²) in [5.74, 6) is 0.0622. The third-order valence-electron chi connectivity index (χ3n) is 5.49. The maximum Gasteiger partial charge on any atom is 0.282 e. The van der Waals surface area contributed by atoms with Gasteiger partial charge in [-0.1, -0.05) is 18.2 Å². The Bertz CT molecular complexity index is 884. The van der Waals surface area contributed by atoms with Gasteiger partial charge in [0.25, 0.3) is 11.8 Å². The predicted molar refractivity (Wildman–Crippen MR) is 112 cm³/mol. The van der Waals surface area contributed by atoms with E-state index < -0.39 is 0 Å². The number of carbonyl (C=O) groups is 2. The van der Waals surface area contributed by atoms with Gasteiger partial charge in [-0.25, -0.2) is 4.39 Å². The molecule has 0 spiro atoms. The molecule has 1 aliphatic rings. The molecule has 3 rings (SSSR count). The SMILES string of the molecule is COc1ccccc1NC(=O)[C@H](C)[NH+]1CC[NH+](CC(=O)Nc2cccc(F)c2)CC1. The first-order valence-electron chi connectivity index (χ1n) is 10.1. The summed E-state index contributed by atoms with van der Waals surface area (Å²) in [5.41, 5.74) is 1.12. The number of para-hydroxylation sites is 2. The van der Waals surface area contributed by atoms with Gasteiger partial charge in [0.15, 0.2) is 12.6 Å². The van der Waals surface area contributed by atoms with Crippen molar-refractivity contribution in [2.24, 2.45) is 0 Å². The molecule has 2 aromatic rings. The van der Waals surface area contributed by atoms with Crippen molar-refractivity contribution in [3.63, 3.8) is 0 Å². The van der Waals surface area contributed by atoms with Crippen molar-refractivity contribution in [1.29, 1.82) is 0 Å². The summed E-state index contributed by atoms with van der Waals surface area (Å²) in [6.45, 7) is 5.41. The summed E-state index contributed by atoms with van der Waals surface area (Å²) in [7, 11) is 1.58. The summed E-state index contributed by atoms with van der Waals surface area (Å²) in [5, 5.41) is 5.69. The van der Waals surface area contributed by atoms with Gasteiger partial charge in [-0.3, -0.25) is 9.59 Å². The summed E-state index contributed by atoms with van der Waals surface area (Å²) >= 11 is 0. The number of rotatable bonds is 7. The predicted octanol–water partition coefficient (Wildman–Crippen LogP) is -0.417. The van der Waals surface area contributed by atoms with Crippen LogP contribution < -0.4 is 25.2 Å². The molecule has 160 valence electrons. The molecule has 1 saturated heterocycles. The van der Waals surface area contributed by atoms with Gasteiger partial charge >= 0.3 is 0 Å². The topological polar surface area (TPSA) is 76.3 Å². The van der Waals surface area contributed by atoms with E-state index in [-0.39, 0.29) is 23.7 Å². The molecular weight excluding hydrogens is 387 g/mol. The number of carbonyl (C=O) groups excluding carboxylic acids is 2. The van der Waals surface area contributed by atoms with Gasteiger partial charge in [-0.05, 0) is 37.3 Å². The van der Waals surface area contributed by atoms with Gasteiger partial charge in [0.2, 0.25) is 0 Å². The largest absolute Gasteiger partial charge is 0.495 e. The van der Waals surface area contributed by atoms with E-state index >= 15 is 0 Å². The average molecular weight is 416 g/mol. The Morgan fingerprint density at radius 2 is 1.80 bits per heavy atom. The average Bonchev–Trinajstić information content (AvgIpc) is 2.74. The molecule has 1 aliphatic heterocycles. The van der Waals surface area contributed by atoms with E-state index in [9.17, 15) is 14.0 Å². The molecular formula is C22H29FN4O3+2. The Morgan fingerprint density at radius 1 is 1.07 bits per heavy atom. The van der Waals surface area contributed by atoms with Gasteiger partial charge < -0.3 is 25.2 Å². The van der Waals surface area contributed by atoms with Crippen molar-refractivity contribution in [2.75, 3.05) is 50.5 Å². The van der Waals surface area contributed by atoms with Crippen LogP contribution in [0.25, 0.3) is 0 Å². The number of piperazine rings is 1. The van der Waals surface area contributed by atoms with E-state index in [4.69, 9.17) is 4.74 Å². The Hall–Kier alpha value is -2.97. The van der Waals surface area contributed by atoms with Crippen LogP contribution in [0.2, 0.25) is 0 Å². The van der Waals surface area contributed by atoms with Crippen molar-refractivity contribution >= 4 is 23.2 Å². The van der Waals surface area contributed by atoms with E-state index in [1.807, 2.05) is 31.2 Å². The lowest BCUT2D eigenvalue weighted by Crippen LogP contribution is -3.30. The molecule has 1 fully saturated rings. The molecule has 1 atom stereocenters. The van der Waals surface area contributed by atoms with Crippen LogP contribution >= 0.6 is 0 Å². The van der Waals surface area contributed by atoms with Crippen LogP contribution in [0, 0.1) is 5.82 Å². The first-order valence-corrected chi connectivity index (χ1v) is 10.1. The molecule has 0 radical (unpaired) electrons. The molecule has 2 amide bonds. The van der Waals surface area contributed by atoms with E-state index in [2.05, 4.69) is 10.6 Å². The number of hydrogen-bond acceptors (Lipinski definition) is 3. The highest BCUT2D eigenvalue weighted by atomic mass is 19.1. The third kappa shape index (κ3) is 5.77. The van der Waals surface area contributed by atoms with Gasteiger partial charge in [0, 0.05) is 5.69 Å². The normalized spacial score (nSPS) is 19.6. The monoisotopic (exact) mass is 416 g/mol.